The van der Waals surface area contributed by atoms with Gasteiger partial charge in [-0.05, 0) is 43.3 Å². The topological polar surface area (TPSA) is 49.4 Å². The lowest BCUT2D eigenvalue weighted by molar-refractivity contribution is 0.402. The highest BCUT2D eigenvalue weighted by Crippen LogP contribution is 2.21. The van der Waals surface area contributed by atoms with Crippen molar-refractivity contribution >= 4 is 44.5 Å². The van der Waals surface area contributed by atoms with Crippen LogP contribution < -0.4 is 5.32 Å². The summed E-state index contributed by atoms with van der Waals surface area (Å²) in [5.41, 5.74) is 1.80. The second-order valence-electron chi connectivity index (χ2n) is 5.06. The Balaban J connectivity index is 2.02. The number of anilines is 1. The molecule has 0 bridgehead atoms. The van der Waals surface area contributed by atoms with Crippen molar-refractivity contribution in [3.63, 3.8) is 0 Å². The number of thiocarbonyl (C=S) groups is 1. The molecule has 0 radical (unpaired) electrons. The highest BCUT2D eigenvalue weighted by atomic mass is 35.5. The zero-order valence-electron chi connectivity index (χ0n) is 11.4. The van der Waals surface area contributed by atoms with E-state index in [0.717, 1.165) is 11.3 Å². The third-order valence-electron chi connectivity index (χ3n) is 3.50. The molecule has 1 heterocycles. The fraction of sp³-hybridized carbons (Fsp3) is 0.462. The average Bonchev–Trinajstić information content (AvgIpc) is 2.73. The third-order valence-corrected chi connectivity index (χ3v) is 6.05. The molecule has 20 heavy (non-hydrogen) atoms. The van der Waals surface area contributed by atoms with Crippen LogP contribution in [0.1, 0.15) is 12.0 Å². The number of aryl methyl sites for hydroxylation is 1. The third kappa shape index (κ3) is 3.62. The van der Waals surface area contributed by atoms with Crippen LogP contribution in [0.4, 0.5) is 5.69 Å². The summed E-state index contributed by atoms with van der Waals surface area (Å²) in [6, 6.07) is 5.56. The first-order valence-corrected chi connectivity index (χ1v) is 8.89. The van der Waals surface area contributed by atoms with Crippen molar-refractivity contribution in [1.29, 1.82) is 0 Å². The predicted molar refractivity (Wildman–Crippen MR) is 87.2 cm³/mol. The minimum absolute atomic E-state index is 0.0547. The molecule has 110 valence electrons. The minimum Gasteiger partial charge on any atom is -0.348 e. The monoisotopic (exact) mass is 332 g/mol. The van der Waals surface area contributed by atoms with Gasteiger partial charge in [-0.2, -0.15) is 0 Å². The van der Waals surface area contributed by atoms with Gasteiger partial charge in [-0.3, -0.25) is 0 Å². The molecule has 2 rings (SSSR count). The number of nitrogens with one attached hydrogen (secondary N) is 1. The smallest absolute Gasteiger partial charge is 0.173 e. The summed E-state index contributed by atoms with van der Waals surface area (Å²) < 4.78 is 23.0. The fourth-order valence-corrected chi connectivity index (χ4v) is 4.35. The molecule has 0 amide bonds. The normalized spacial score (nSPS) is 20.6. The predicted octanol–water partition coefficient (Wildman–Crippen LogP) is 2.46. The summed E-state index contributed by atoms with van der Waals surface area (Å²) in [6.07, 6.45) is 0.620. The summed E-state index contributed by atoms with van der Waals surface area (Å²) in [5.74, 6) is 0.404. The van der Waals surface area contributed by atoms with E-state index in [-0.39, 0.29) is 17.5 Å². The second kappa shape index (κ2) is 5.87. The van der Waals surface area contributed by atoms with E-state index in [1.807, 2.05) is 37.1 Å². The van der Waals surface area contributed by atoms with E-state index in [1.165, 1.54) is 0 Å². The zero-order chi connectivity index (χ0) is 14.9. The van der Waals surface area contributed by atoms with E-state index in [2.05, 4.69) is 5.32 Å². The fourth-order valence-electron chi connectivity index (χ4n) is 2.13. The number of hydrogen-bond donors (Lipinski definition) is 1. The van der Waals surface area contributed by atoms with E-state index >= 15 is 0 Å². The van der Waals surface area contributed by atoms with Gasteiger partial charge >= 0.3 is 0 Å². The van der Waals surface area contributed by atoms with Gasteiger partial charge in [0.05, 0.1) is 11.5 Å². The molecular weight excluding hydrogens is 316 g/mol. The quantitative estimate of drug-likeness (QED) is 0.843. The number of nitrogens with zero attached hydrogens (tertiary/aromatic N) is 1. The van der Waals surface area contributed by atoms with Crippen molar-refractivity contribution in [3.05, 3.63) is 28.8 Å². The van der Waals surface area contributed by atoms with Gasteiger partial charge in [-0.1, -0.05) is 17.7 Å². The van der Waals surface area contributed by atoms with Gasteiger partial charge < -0.3 is 10.2 Å². The molecule has 0 spiro atoms. The number of hydrogen-bond acceptors (Lipinski definition) is 3. The van der Waals surface area contributed by atoms with Crippen LogP contribution in [0, 0.1) is 6.92 Å². The molecule has 1 fully saturated rings. The summed E-state index contributed by atoms with van der Waals surface area (Å²) in [5, 5.41) is 4.27. The van der Waals surface area contributed by atoms with E-state index in [9.17, 15) is 8.42 Å². The Bertz CT molecular complexity index is 631. The van der Waals surface area contributed by atoms with Gasteiger partial charge in [-0.15, -0.1) is 0 Å². The molecule has 1 N–H and O–H groups in total. The Labute approximate surface area is 130 Å². The van der Waals surface area contributed by atoms with Crippen molar-refractivity contribution < 1.29 is 8.42 Å². The van der Waals surface area contributed by atoms with E-state index in [4.69, 9.17) is 23.8 Å². The molecule has 1 atom stereocenters. The maximum Gasteiger partial charge on any atom is 0.173 e. The maximum atomic E-state index is 11.5. The molecule has 1 aliphatic heterocycles. The van der Waals surface area contributed by atoms with Crippen LogP contribution in [0.3, 0.4) is 0 Å². The molecule has 4 nitrogen and oxygen atoms in total. The molecule has 1 aromatic carbocycles. The molecule has 1 aliphatic rings. The largest absolute Gasteiger partial charge is 0.348 e. The molecular formula is C13H17ClN2O2S2. The standard InChI is InChI=1S/C13H17ClN2O2S2/c1-9-3-4-10(7-12(9)14)15-13(19)16(2)11-5-6-20(17,18)8-11/h3-4,7,11H,5-6,8H2,1-2H3,(H,15,19). The van der Waals surface area contributed by atoms with Crippen LogP contribution in [-0.2, 0) is 9.84 Å². The summed E-state index contributed by atoms with van der Waals surface area (Å²) in [6.45, 7) is 1.93. The van der Waals surface area contributed by atoms with Crippen LogP contribution in [0.2, 0.25) is 5.02 Å². The molecule has 7 heteroatoms. The van der Waals surface area contributed by atoms with Gasteiger partial charge in [-0.25, -0.2) is 8.42 Å². The molecule has 0 aliphatic carbocycles. The van der Waals surface area contributed by atoms with Crippen molar-refractivity contribution in [1.82, 2.24) is 4.90 Å². The number of rotatable bonds is 2. The van der Waals surface area contributed by atoms with E-state index in [0.29, 0.717) is 16.6 Å². The van der Waals surface area contributed by atoms with Crippen LogP contribution in [0.15, 0.2) is 18.2 Å². The van der Waals surface area contributed by atoms with Crippen LogP contribution in [-0.4, -0.2) is 43.0 Å². The number of sulfone groups is 1. The van der Waals surface area contributed by atoms with Gasteiger partial charge in [0.15, 0.2) is 14.9 Å². The van der Waals surface area contributed by atoms with Gasteiger partial charge in [0, 0.05) is 23.8 Å². The number of halogens is 1. The Kier molecular flexibility index (Phi) is 4.56. The van der Waals surface area contributed by atoms with Crippen LogP contribution in [0.5, 0.6) is 0 Å². The van der Waals surface area contributed by atoms with Crippen molar-refractivity contribution in [3.8, 4) is 0 Å². The highest BCUT2D eigenvalue weighted by molar-refractivity contribution is 7.91. The first-order valence-electron chi connectivity index (χ1n) is 6.29. The van der Waals surface area contributed by atoms with Gasteiger partial charge in [0.25, 0.3) is 0 Å². The van der Waals surface area contributed by atoms with Gasteiger partial charge in [0.1, 0.15) is 0 Å². The van der Waals surface area contributed by atoms with E-state index in [1.54, 1.807) is 0 Å². The molecule has 0 aromatic heterocycles. The van der Waals surface area contributed by atoms with Crippen molar-refractivity contribution in [2.24, 2.45) is 0 Å². The lowest BCUT2D eigenvalue weighted by Gasteiger charge is -2.26. The SMILES string of the molecule is Cc1ccc(NC(=S)N(C)C2CCS(=O)(=O)C2)cc1Cl. The first-order chi connectivity index (χ1) is 9.28. The zero-order valence-corrected chi connectivity index (χ0v) is 13.8. The van der Waals surface area contributed by atoms with Crippen molar-refractivity contribution in [2.75, 3.05) is 23.9 Å². The Morgan fingerprint density at radius 3 is 2.75 bits per heavy atom. The minimum atomic E-state index is -2.91. The first kappa shape index (κ1) is 15.5. The van der Waals surface area contributed by atoms with Crippen LogP contribution in [0.25, 0.3) is 0 Å². The molecule has 1 saturated heterocycles. The summed E-state index contributed by atoms with van der Waals surface area (Å²) >= 11 is 11.4. The molecule has 1 unspecified atom stereocenters. The molecule has 0 saturated carbocycles. The van der Waals surface area contributed by atoms with E-state index < -0.39 is 9.84 Å². The lowest BCUT2D eigenvalue weighted by Crippen LogP contribution is -2.40. The second-order valence-corrected chi connectivity index (χ2v) is 8.08. The summed E-state index contributed by atoms with van der Waals surface area (Å²) in [7, 11) is -1.09. The number of benzene rings is 1. The summed E-state index contributed by atoms with van der Waals surface area (Å²) in [4.78, 5) is 1.81. The Morgan fingerprint density at radius 2 is 2.20 bits per heavy atom. The Hall–Kier alpha value is -0.850. The highest BCUT2D eigenvalue weighted by Gasteiger charge is 2.31. The lowest BCUT2D eigenvalue weighted by atomic mass is 10.2. The molecule has 1 aromatic rings. The van der Waals surface area contributed by atoms with Gasteiger partial charge in [0.2, 0.25) is 0 Å². The Morgan fingerprint density at radius 1 is 1.50 bits per heavy atom. The van der Waals surface area contributed by atoms with Crippen molar-refractivity contribution in [2.45, 2.75) is 19.4 Å². The maximum absolute atomic E-state index is 11.5. The average molecular weight is 333 g/mol. The van der Waals surface area contributed by atoms with Crippen LogP contribution >= 0.6 is 23.8 Å².